The van der Waals surface area contributed by atoms with Gasteiger partial charge in [0, 0.05) is 17.4 Å². The van der Waals surface area contributed by atoms with Crippen LogP contribution in [0.15, 0.2) is 30.3 Å². The average Bonchev–Trinajstić information content (AvgIpc) is 3.45. The summed E-state index contributed by atoms with van der Waals surface area (Å²) in [4.78, 5) is 61.3. The van der Waals surface area contributed by atoms with Crippen molar-refractivity contribution in [2.24, 2.45) is 0 Å². The third-order valence-corrected chi connectivity index (χ3v) is 8.50. The van der Waals surface area contributed by atoms with E-state index in [9.17, 15) is 24.0 Å². The Morgan fingerprint density at radius 1 is 1.00 bits per heavy atom. The first-order chi connectivity index (χ1) is 18.2. The lowest BCUT2D eigenvalue weighted by molar-refractivity contribution is -0.132. The van der Waals surface area contributed by atoms with Crippen molar-refractivity contribution < 1.29 is 24.0 Å². The number of ketones is 1. The molecule has 2 saturated heterocycles. The van der Waals surface area contributed by atoms with Gasteiger partial charge in [-0.2, -0.15) is 11.8 Å². The molecule has 0 bridgehead atoms. The number of rotatable bonds is 14. The summed E-state index contributed by atoms with van der Waals surface area (Å²) in [5, 5.41) is 14.1. The summed E-state index contributed by atoms with van der Waals surface area (Å²) in [6, 6.07) is 6.91. The van der Waals surface area contributed by atoms with Gasteiger partial charge >= 0.3 is 6.03 Å². The zero-order valence-electron chi connectivity index (χ0n) is 21.6. The lowest BCUT2D eigenvalue weighted by Crippen LogP contribution is -2.54. The molecule has 6 atom stereocenters. The van der Waals surface area contributed by atoms with Gasteiger partial charge in [0.2, 0.25) is 17.7 Å². The van der Waals surface area contributed by atoms with Gasteiger partial charge < -0.3 is 26.6 Å². The fraction of sp³-hybridized carbons (Fsp3) is 0.577. The van der Waals surface area contributed by atoms with Crippen LogP contribution in [0.1, 0.15) is 45.1 Å². The lowest BCUT2D eigenvalue weighted by Gasteiger charge is -2.22. The number of amides is 5. The Labute approximate surface area is 232 Å². The maximum atomic E-state index is 12.7. The number of hydrogen-bond acceptors (Lipinski definition) is 6. The number of alkyl halides is 1. The number of unbranched alkanes of at least 4 members (excludes halogenated alkanes) is 1. The number of urea groups is 1. The molecule has 2 fully saturated rings. The molecule has 5 amide bonds. The van der Waals surface area contributed by atoms with Gasteiger partial charge in [0.15, 0.2) is 5.78 Å². The molecule has 12 heteroatoms. The second kappa shape index (κ2) is 14.4. The summed E-state index contributed by atoms with van der Waals surface area (Å²) in [5.41, 5.74) is 0.873. The molecule has 208 valence electrons. The van der Waals surface area contributed by atoms with Gasteiger partial charge in [-0.1, -0.05) is 36.8 Å². The zero-order valence-corrected chi connectivity index (χ0v) is 23.2. The number of carbonyl (C=O) groups excluding carboxylic acids is 5. The molecule has 2 heterocycles. The summed E-state index contributed by atoms with van der Waals surface area (Å²) >= 11 is 7.56. The van der Waals surface area contributed by atoms with Crippen molar-refractivity contribution in [3.63, 3.8) is 0 Å². The highest BCUT2D eigenvalue weighted by Gasteiger charge is 2.42. The minimum Gasteiger partial charge on any atom is -0.345 e. The Kier molecular flexibility index (Phi) is 11.3. The molecule has 5 N–H and O–H groups in total. The fourth-order valence-electron chi connectivity index (χ4n) is 4.54. The number of fused-ring (bicyclic) bond motifs is 1. The Morgan fingerprint density at radius 2 is 1.68 bits per heavy atom. The van der Waals surface area contributed by atoms with Crippen LogP contribution in [0.25, 0.3) is 0 Å². The number of halogens is 1. The average molecular weight is 566 g/mol. The molecule has 0 spiro atoms. The van der Waals surface area contributed by atoms with Crippen LogP contribution in [-0.2, 0) is 25.6 Å². The van der Waals surface area contributed by atoms with Crippen LogP contribution in [0.3, 0.4) is 0 Å². The molecule has 0 saturated carbocycles. The predicted molar refractivity (Wildman–Crippen MR) is 147 cm³/mol. The molecular formula is C26H36ClN5O5S. The monoisotopic (exact) mass is 565 g/mol. The van der Waals surface area contributed by atoms with Gasteiger partial charge in [-0.15, -0.1) is 11.6 Å². The number of thioether (sulfide) groups is 1. The Morgan fingerprint density at radius 3 is 2.39 bits per heavy atom. The van der Waals surface area contributed by atoms with Crippen LogP contribution >= 0.6 is 23.4 Å². The molecule has 0 aliphatic carbocycles. The molecule has 1 aromatic carbocycles. The van der Waals surface area contributed by atoms with Crippen LogP contribution in [0, 0.1) is 0 Å². The van der Waals surface area contributed by atoms with E-state index in [0.29, 0.717) is 11.7 Å². The van der Waals surface area contributed by atoms with E-state index in [1.165, 1.54) is 6.92 Å². The highest BCUT2D eigenvalue weighted by atomic mass is 35.5. The predicted octanol–water partition coefficient (Wildman–Crippen LogP) is 1.26. The number of benzene rings is 1. The van der Waals surface area contributed by atoms with E-state index in [4.69, 9.17) is 11.6 Å². The fourth-order valence-corrected chi connectivity index (χ4v) is 6.27. The largest absolute Gasteiger partial charge is 0.345 e. The molecule has 10 nitrogen and oxygen atoms in total. The summed E-state index contributed by atoms with van der Waals surface area (Å²) in [6.07, 6.45) is 2.99. The number of nitrogens with one attached hydrogen (secondary N) is 5. The van der Waals surface area contributed by atoms with Crippen LogP contribution in [0.5, 0.6) is 0 Å². The van der Waals surface area contributed by atoms with Gasteiger partial charge in [0.05, 0.1) is 24.0 Å². The summed E-state index contributed by atoms with van der Waals surface area (Å²) in [5.74, 6) is -0.920. The topological polar surface area (TPSA) is 146 Å². The molecule has 6 unspecified atom stereocenters. The van der Waals surface area contributed by atoms with E-state index < -0.39 is 29.9 Å². The molecule has 38 heavy (non-hydrogen) atoms. The van der Waals surface area contributed by atoms with E-state index in [2.05, 4.69) is 26.6 Å². The number of carbonyl (C=O) groups is 5. The molecule has 2 aliphatic heterocycles. The minimum atomic E-state index is -0.915. The van der Waals surface area contributed by atoms with Crippen LogP contribution in [-0.4, -0.2) is 76.6 Å². The summed E-state index contributed by atoms with van der Waals surface area (Å²) < 4.78 is 0. The first-order valence-electron chi connectivity index (χ1n) is 12.9. The lowest BCUT2D eigenvalue weighted by atomic mass is 10.0. The maximum absolute atomic E-state index is 12.7. The van der Waals surface area contributed by atoms with Crippen molar-refractivity contribution in [3.05, 3.63) is 35.9 Å². The van der Waals surface area contributed by atoms with Crippen molar-refractivity contribution >= 4 is 52.9 Å². The van der Waals surface area contributed by atoms with Gasteiger partial charge in [0.1, 0.15) is 12.1 Å². The summed E-state index contributed by atoms with van der Waals surface area (Å²) in [7, 11) is 0. The third-order valence-electron chi connectivity index (χ3n) is 6.72. The highest BCUT2D eigenvalue weighted by molar-refractivity contribution is 8.00. The zero-order chi connectivity index (χ0) is 27.7. The third kappa shape index (κ3) is 8.62. The number of hydrogen-bond donors (Lipinski definition) is 5. The first-order valence-corrected chi connectivity index (χ1v) is 14.5. The molecular weight excluding hydrogens is 530 g/mol. The second-order valence-electron chi connectivity index (χ2n) is 9.74. The SMILES string of the molecule is CC(NC(=O)CCCCC1SCC2NC(=O)NC21)C(=O)NC(C)C(=O)NC(Cc1ccccc1)C(=O)CCl. The first kappa shape index (κ1) is 29.8. The smallest absolute Gasteiger partial charge is 0.315 e. The quantitative estimate of drug-likeness (QED) is 0.130. The highest BCUT2D eigenvalue weighted by Crippen LogP contribution is 2.33. The second-order valence-corrected chi connectivity index (χ2v) is 11.3. The van der Waals surface area contributed by atoms with Gasteiger partial charge in [-0.25, -0.2) is 4.79 Å². The number of Topliss-reactive ketones (excluding diaryl/α,β-unsaturated/α-hetero) is 1. The van der Waals surface area contributed by atoms with Crippen molar-refractivity contribution in [1.82, 2.24) is 26.6 Å². The van der Waals surface area contributed by atoms with E-state index in [1.54, 1.807) is 6.92 Å². The van der Waals surface area contributed by atoms with Crippen molar-refractivity contribution in [3.8, 4) is 0 Å². The van der Waals surface area contributed by atoms with Crippen LogP contribution < -0.4 is 26.6 Å². The van der Waals surface area contributed by atoms with E-state index >= 15 is 0 Å². The van der Waals surface area contributed by atoms with Crippen molar-refractivity contribution in [1.29, 1.82) is 0 Å². The standard InChI is InChI=1S/C26H36ClN5O5S/c1-15(28-22(34)11-7-6-10-21-23-19(14-38-21)31-26(37)32-23)24(35)29-16(2)25(36)30-18(20(33)13-27)12-17-8-4-3-5-9-17/h3-5,8-9,15-16,18-19,21,23H,6-7,10-14H2,1-2H3,(H,28,34)(H,29,35)(H,30,36)(H2,31,32,37). The normalized spacial score (nSPS) is 22.3. The Hall–Kier alpha value is -2.79. The molecule has 2 aliphatic rings. The summed E-state index contributed by atoms with van der Waals surface area (Å²) in [6.45, 7) is 3.07. The Balaban J connectivity index is 1.36. The van der Waals surface area contributed by atoms with Crippen molar-refractivity contribution in [2.45, 2.75) is 81.4 Å². The molecule has 1 aromatic rings. The molecule has 3 rings (SSSR count). The van der Waals surface area contributed by atoms with Gasteiger partial charge in [-0.05, 0) is 38.7 Å². The van der Waals surface area contributed by atoms with Crippen LogP contribution in [0.4, 0.5) is 4.79 Å². The van der Waals surface area contributed by atoms with Gasteiger partial charge in [0.25, 0.3) is 0 Å². The van der Waals surface area contributed by atoms with E-state index in [0.717, 1.165) is 24.2 Å². The maximum Gasteiger partial charge on any atom is 0.315 e. The van der Waals surface area contributed by atoms with Crippen molar-refractivity contribution in [2.75, 3.05) is 11.6 Å². The van der Waals surface area contributed by atoms with Gasteiger partial charge in [-0.3, -0.25) is 19.2 Å². The van der Waals surface area contributed by atoms with Crippen LogP contribution in [0.2, 0.25) is 0 Å². The Bertz CT molecular complexity index is 1010. The minimum absolute atomic E-state index is 0.112. The molecule has 0 radical (unpaired) electrons. The van der Waals surface area contributed by atoms with E-state index in [-0.39, 0.29) is 48.5 Å². The van der Waals surface area contributed by atoms with E-state index in [1.807, 2.05) is 42.1 Å². The molecule has 0 aromatic heterocycles.